The molecule has 0 amide bonds. The Labute approximate surface area is 104 Å². The van der Waals surface area contributed by atoms with Crippen molar-refractivity contribution in [2.75, 3.05) is 6.54 Å². The van der Waals surface area contributed by atoms with Crippen LogP contribution in [0.3, 0.4) is 0 Å². The number of oxazole rings is 1. The first-order chi connectivity index (χ1) is 8.76. The third-order valence-electron chi connectivity index (χ3n) is 2.83. The van der Waals surface area contributed by atoms with E-state index >= 15 is 0 Å². The van der Waals surface area contributed by atoms with Crippen molar-refractivity contribution in [3.8, 4) is 11.3 Å². The molecule has 3 aromatic rings. The van der Waals surface area contributed by atoms with Gasteiger partial charge in [0.15, 0.2) is 11.5 Å². The van der Waals surface area contributed by atoms with Gasteiger partial charge >= 0.3 is 0 Å². The van der Waals surface area contributed by atoms with Crippen LogP contribution in [0.1, 0.15) is 11.6 Å². The van der Waals surface area contributed by atoms with E-state index in [0.29, 0.717) is 12.4 Å². The van der Waals surface area contributed by atoms with E-state index in [0.717, 1.165) is 34.5 Å². The minimum atomic E-state index is 0.614. The molecule has 3 rings (SSSR count). The normalized spacial score (nSPS) is 11.2. The van der Waals surface area contributed by atoms with Gasteiger partial charge in [0, 0.05) is 24.6 Å². The maximum absolute atomic E-state index is 5.52. The number of aryl methyl sites for hydroxylation is 1. The second kappa shape index (κ2) is 4.27. The average molecular weight is 242 g/mol. The summed E-state index contributed by atoms with van der Waals surface area (Å²) in [6.07, 6.45) is 0.804. The minimum absolute atomic E-state index is 0.614. The molecule has 92 valence electrons. The van der Waals surface area contributed by atoms with Crippen LogP contribution in [0.15, 0.2) is 28.7 Å². The van der Waals surface area contributed by atoms with E-state index in [1.807, 2.05) is 31.2 Å². The molecule has 0 radical (unpaired) electrons. The molecule has 0 spiro atoms. The summed E-state index contributed by atoms with van der Waals surface area (Å²) in [5, 5.41) is 7.26. The predicted molar refractivity (Wildman–Crippen MR) is 69.1 cm³/mol. The van der Waals surface area contributed by atoms with Gasteiger partial charge in [0.1, 0.15) is 5.52 Å². The van der Waals surface area contributed by atoms with E-state index in [4.69, 9.17) is 10.2 Å². The highest BCUT2D eigenvalue weighted by atomic mass is 16.3. The van der Waals surface area contributed by atoms with Crippen LogP contribution in [0.5, 0.6) is 0 Å². The molecule has 0 bridgehead atoms. The summed E-state index contributed by atoms with van der Waals surface area (Å²) in [6, 6.07) is 7.90. The van der Waals surface area contributed by atoms with Crippen molar-refractivity contribution in [1.82, 2.24) is 15.2 Å². The number of hydrogen-bond acceptors (Lipinski definition) is 4. The smallest absolute Gasteiger partial charge is 0.192 e. The highest BCUT2D eigenvalue weighted by Gasteiger charge is 2.07. The third kappa shape index (κ3) is 1.89. The third-order valence-corrected chi connectivity index (χ3v) is 2.83. The van der Waals surface area contributed by atoms with Crippen LogP contribution in [-0.2, 0) is 6.42 Å². The molecule has 0 aliphatic rings. The summed E-state index contributed by atoms with van der Waals surface area (Å²) in [7, 11) is 0. The molecule has 18 heavy (non-hydrogen) atoms. The number of nitrogens with zero attached hydrogens (tertiary/aromatic N) is 2. The van der Waals surface area contributed by atoms with Crippen molar-refractivity contribution in [1.29, 1.82) is 0 Å². The molecule has 2 aromatic heterocycles. The van der Waals surface area contributed by atoms with E-state index in [1.54, 1.807) is 0 Å². The van der Waals surface area contributed by atoms with Gasteiger partial charge in [-0.25, -0.2) is 4.98 Å². The Balaban J connectivity index is 2.01. The van der Waals surface area contributed by atoms with Gasteiger partial charge in [-0.3, -0.25) is 5.10 Å². The summed E-state index contributed by atoms with van der Waals surface area (Å²) in [4.78, 5) is 4.32. The van der Waals surface area contributed by atoms with Gasteiger partial charge in [-0.15, -0.1) is 0 Å². The fourth-order valence-corrected chi connectivity index (χ4v) is 2.00. The van der Waals surface area contributed by atoms with Gasteiger partial charge < -0.3 is 10.2 Å². The number of H-pyrrole nitrogens is 1. The molecule has 0 fully saturated rings. The number of nitrogens with two attached hydrogens (primary N) is 1. The van der Waals surface area contributed by atoms with E-state index in [1.165, 1.54) is 0 Å². The van der Waals surface area contributed by atoms with Crippen molar-refractivity contribution in [3.05, 3.63) is 35.9 Å². The molecule has 0 aliphatic heterocycles. The molecule has 1 aromatic carbocycles. The zero-order valence-corrected chi connectivity index (χ0v) is 10.1. The molecular formula is C13H14N4O. The molecule has 0 saturated carbocycles. The molecule has 5 nitrogen and oxygen atoms in total. The standard InChI is InChI=1S/C13H14N4O/c1-8-15-12-6-9(2-3-13(12)18-8)11-7-10(4-5-14)16-17-11/h2-3,6-7H,4-5,14H2,1H3,(H,16,17). The number of nitrogens with one attached hydrogen (secondary N) is 1. The van der Waals surface area contributed by atoms with E-state index in [-0.39, 0.29) is 0 Å². The Morgan fingerprint density at radius 3 is 3.06 bits per heavy atom. The lowest BCUT2D eigenvalue weighted by atomic mass is 10.1. The fraction of sp³-hybridized carbons (Fsp3) is 0.231. The topological polar surface area (TPSA) is 80.7 Å². The number of fused-ring (bicyclic) bond motifs is 1. The molecule has 0 unspecified atom stereocenters. The predicted octanol–water partition coefficient (Wildman–Crippen LogP) is 2.03. The van der Waals surface area contributed by atoms with Crippen LogP contribution in [0, 0.1) is 6.92 Å². The Morgan fingerprint density at radius 1 is 1.33 bits per heavy atom. The first kappa shape index (κ1) is 11.0. The van der Waals surface area contributed by atoms with Gasteiger partial charge in [0.05, 0.1) is 5.69 Å². The van der Waals surface area contributed by atoms with Crippen LogP contribution >= 0.6 is 0 Å². The fourth-order valence-electron chi connectivity index (χ4n) is 2.00. The van der Waals surface area contributed by atoms with Gasteiger partial charge in [-0.2, -0.15) is 5.10 Å². The molecule has 3 N–H and O–H groups in total. The van der Waals surface area contributed by atoms with Crippen LogP contribution in [0.25, 0.3) is 22.4 Å². The quantitative estimate of drug-likeness (QED) is 0.736. The maximum atomic E-state index is 5.52. The molecule has 2 heterocycles. The van der Waals surface area contributed by atoms with Gasteiger partial charge in [-0.1, -0.05) is 0 Å². The van der Waals surface area contributed by atoms with Gasteiger partial charge in [-0.05, 0) is 30.8 Å². The van der Waals surface area contributed by atoms with Crippen LogP contribution in [0.4, 0.5) is 0 Å². The SMILES string of the molecule is Cc1nc2cc(-c3cc(CCN)[nH]n3)ccc2o1. The lowest BCUT2D eigenvalue weighted by Crippen LogP contribution is -2.02. The second-order valence-corrected chi connectivity index (χ2v) is 4.23. The van der Waals surface area contributed by atoms with Crippen molar-refractivity contribution in [2.45, 2.75) is 13.3 Å². The summed E-state index contributed by atoms with van der Waals surface area (Å²) in [6.45, 7) is 2.46. The number of aromatic amines is 1. The van der Waals surface area contributed by atoms with E-state index in [2.05, 4.69) is 15.2 Å². The number of benzene rings is 1. The van der Waals surface area contributed by atoms with Crippen LogP contribution in [-0.4, -0.2) is 21.7 Å². The molecule has 0 atom stereocenters. The van der Waals surface area contributed by atoms with Crippen molar-refractivity contribution >= 4 is 11.1 Å². The zero-order chi connectivity index (χ0) is 12.5. The summed E-state index contributed by atoms with van der Waals surface area (Å²) >= 11 is 0. The van der Waals surface area contributed by atoms with Gasteiger partial charge in [0.25, 0.3) is 0 Å². The first-order valence-electron chi connectivity index (χ1n) is 5.88. The van der Waals surface area contributed by atoms with Crippen LogP contribution < -0.4 is 5.73 Å². The molecule has 0 aliphatic carbocycles. The second-order valence-electron chi connectivity index (χ2n) is 4.23. The summed E-state index contributed by atoms with van der Waals surface area (Å²) < 4.78 is 5.45. The maximum Gasteiger partial charge on any atom is 0.192 e. The lowest BCUT2D eigenvalue weighted by molar-refractivity contribution is 0.561. The first-order valence-corrected chi connectivity index (χ1v) is 5.88. The average Bonchev–Trinajstić information content (AvgIpc) is 2.93. The largest absolute Gasteiger partial charge is 0.441 e. The molecule has 5 heteroatoms. The van der Waals surface area contributed by atoms with Crippen molar-refractivity contribution in [3.63, 3.8) is 0 Å². The highest BCUT2D eigenvalue weighted by molar-refractivity contribution is 5.79. The van der Waals surface area contributed by atoms with Crippen molar-refractivity contribution < 1.29 is 4.42 Å². The molecular weight excluding hydrogens is 228 g/mol. The molecule has 0 saturated heterocycles. The van der Waals surface area contributed by atoms with Gasteiger partial charge in [0.2, 0.25) is 0 Å². The van der Waals surface area contributed by atoms with Crippen molar-refractivity contribution in [2.24, 2.45) is 5.73 Å². The zero-order valence-electron chi connectivity index (χ0n) is 10.1. The number of rotatable bonds is 3. The lowest BCUT2D eigenvalue weighted by Gasteiger charge is -1.94. The Morgan fingerprint density at radius 2 is 2.22 bits per heavy atom. The summed E-state index contributed by atoms with van der Waals surface area (Å²) in [5.41, 5.74) is 10.1. The highest BCUT2D eigenvalue weighted by Crippen LogP contribution is 2.23. The number of hydrogen-bond donors (Lipinski definition) is 2. The van der Waals surface area contributed by atoms with Crippen LogP contribution in [0.2, 0.25) is 0 Å². The number of aromatic nitrogens is 3. The Kier molecular flexibility index (Phi) is 2.60. The van der Waals surface area contributed by atoms with E-state index < -0.39 is 0 Å². The monoisotopic (exact) mass is 242 g/mol. The van der Waals surface area contributed by atoms with E-state index in [9.17, 15) is 0 Å². The Hall–Kier alpha value is -2.14. The Bertz CT molecular complexity index is 683. The summed E-state index contributed by atoms with van der Waals surface area (Å²) in [5.74, 6) is 0.674. The minimum Gasteiger partial charge on any atom is -0.441 e.